The first-order valence-electron chi connectivity index (χ1n) is 15.0. The van der Waals surface area contributed by atoms with Gasteiger partial charge >= 0.3 is 11.9 Å². The number of rotatable bonds is 13. The lowest BCUT2D eigenvalue weighted by molar-refractivity contribution is -0.392. The number of aliphatic carboxylic acids is 2. The van der Waals surface area contributed by atoms with Crippen molar-refractivity contribution in [2.75, 3.05) is 0 Å². The minimum Gasteiger partial charge on any atom is -0.713 e. The maximum absolute atomic E-state index is 12.5. The Morgan fingerprint density at radius 3 is 2.43 bits per heavy atom. The Hall–Kier alpha value is -3.86. The molecule has 2 amide bonds. The fourth-order valence-electron chi connectivity index (χ4n) is 6.59. The van der Waals surface area contributed by atoms with Crippen LogP contribution in [-0.4, -0.2) is 51.3 Å². The van der Waals surface area contributed by atoms with Crippen LogP contribution in [0.2, 0.25) is 0 Å². The smallest absolute Gasteiger partial charge is 0.302 e. The van der Waals surface area contributed by atoms with Gasteiger partial charge in [-0.05, 0) is 23.9 Å². The molecule has 4 heterocycles. The lowest BCUT2D eigenvalue weighted by atomic mass is 9.87. The number of carbonyl (C=O) groups is 4. The predicted molar refractivity (Wildman–Crippen MR) is 168 cm³/mol. The quantitative estimate of drug-likeness (QED) is 0.165. The third kappa shape index (κ3) is 6.77. The molecule has 44 heavy (non-hydrogen) atoms. The fraction of sp³-hybridized carbons (Fsp3) is 0.485. The molecule has 1 aromatic rings. The summed E-state index contributed by atoms with van der Waals surface area (Å²) in [5, 5.41) is 29.8. The molecule has 0 spiro atoms. The zero-order valence-electron chi connectivity index (χ0n) is 26.1. The summed E-state index contributed by atoms with van der Waals surface area (Å²) in [5.41, 5.74) is 7.21. The maximum Gasteiger partial charge on any atom is 0.302 e. The number of aromatic nitrogens is 1. The summed E-state index contributed by atoms with van der Waals surface area (Å²) >= 11 is 4.64. The lowest BCUT2D eigenvalue weighted by Crippen LogP contribution is -2.32. The first kappa shape index (κ1) is 33.0. The van der Waals surface area contributed by atoms with E-state index in [-0.39, 0.29) is 60.2 Å². The third-order valence-electron chi connectivity index (χ3n) is 9.17. The van der Waals surface area contributed by atoms with Crippen LogP contribution in [0.4, 0.5) is 0 Å². The van der Waals surface area contributed by atoms with Crippen molar-refractivity contribution in [2.45, 2.75) is 91.0 Å². The second-order valence-electron chi connectivity index (χ2n) is 12.0. The molecular formula is C33H42N4O6S-4. The molecule has 0 aromatic carbocycles. The second-order valence-corrected chi connectivity index (χ2v) is 12.8. The average Bonchev–Trinajstić information content (AvgIpc) is 3.59. The molecule has 11 heteroatoms. The van der Waals surface area contributed by atoms with Crippen molar-refractivity contribution in [1.29, 1.82) is 0 Å². The number of hydrogen-bond acceptors (Lipinski definition) is 6. The number of hydrogen-bond donors (Lipinski definition) is 5. The number of thiol groups is 1. The molecule has 3 aliphatic heterocycles. The van der Waals surface area contributed by atoms with Crippen LogP contribution in [0.3, 0.4) is 0 Å². The highest BCUT2D eigenvalue weighted by atomic mass is 32.1. The topological polar surface area (TPSA) is 161 Å². The van der Waals surface area contributed by atoms with E-state index in [1.54, 1.807) is 6.42 Å². The Morgan fingerprint density at radius 2 is 1.84 bits per heavy atom. The Morgan fingerprint density at radius 1 is 1.18 bits per heavy atom. The zero-order chi connectivity index (χ0) is 32.5. The largest absolute Gasteiger partial charge is 0.713 e. The average molecular weight is 623 g/mol. The molecule has 5 atom stereocenters. The van der Waals surface area contributed by atoms with Crippen LogP contribution >= 0.6 is 12.6 Å². The van der Waals surface area contributed by atoms with Crippen LogP contribution < -0.4 is 15.6 Å². The summed E-state index contributed by atoms with van der Waals surface area (Å²) in [6.07, 6.45) is 6.60. The number of carboxylic acids is 2. The number of carbonyl (C=O) groups excluding carboxylic acids is 2. The highest BCUT2D eigenvalue weighted by molar-refractivity contribution is 7.80. The number of H-pyrrole nitrogens is 1. The first-order valence-corrected chi connectivity index (χ1v) is 15.5. The molecule has 1 aromatic heterocycles. The number of carboxylic acid groups (broad SMARTS) is 2. The predicted octanol–water partition coefficient (Wildman–Crippen LogP) is 3.73. The summed E-state index contributed by atoms with van der Waals surface area (Å²) in [4.78, 5) is 51.5. The minimum absolute atomic E-state index is 0.0177. The zero-order valence-corrected chi connectivity index (χ0v) is 27.0. The monoisotopic (exact) mass is 622 g/mol. The van der Waals surface area contributed by atoms with Crippen LogP contribution in [0.5, 0.6) is 0 Å². The summed E-state index contributed by atoms with van der Waals surface area (Å²) in [6.45, 7) is 11.5. The fourth-order valence-corrected chi connectivity index (χ4v) is 7.04. The van der Waals surface area contributed by atoms with Crippen molar-refractivity contribution < 1.29 is 34.4 Å². The second kappa shape index (κ2) is 13.4. The molecule has 10 nitrogen and oxygen atoms in total. The van der Waals surface area contributed by atoms with E-state index >= 15 is 0 Å². The molecule has 0 unspecified atom stereocenters. The summed E-state index contributed by atoms with van der Waals surface area (Å²) < 4.78 is 0. The minimum atomic E-state index is -0.912. The molecule has 0 bridgehead atoms. The lowest BCUT2D eigenvalue weighted by Gasteiger charge is -2.30. The van der Waals surface area contributed by atoms with E-state index in [1.807, 2.05) is 54.0 Å². The van der Waals surface area contributed by atoms with Gasteiger partial charge in [0.1, 0.15) is 0 Å². The van der Waals surface area contributed by atoms with Crippen molar-refractivity contribution in [1.82, 2.24) is 10.6 Å². The van der Waals surface area contributed by atoms with Crippen LogP contribution in [-0.2, 0) is 32.0 Å². The number of nitrogens with zero attached hydrogens (tertiary/aromatic N) is 1. The van der Waals surface area contributed by atoms with Crippen LogP contribution in [0.15, 0.2) is 34.2 Å². The van der Waals surface area contributed by atoms with E-state index in [9.17, 15) is 29.4 Å². The Balaban J connectivity index is 1.68. The highest BCUT2D eigenvalue weighted by Crippen LogP contribution is 2.39. The van der Waals surface area contributed by atoms with Crippen molar-refractivity contribution >= 4 is 36.4 Å². The van der Waals surface area contributed by atoms with Gasteiger partial charge in [0, 0.05) is 30.1 Å². The summed E-state index contributed by atoms with van der Waals surface area (Å²) in [7, 11) is 0. The molecule has 0 radical (unpaired) electrons. The Kier molecular flexibility index (Phi) is 10.1. The molecule has 3 aliphatic rings. The van der Waals surface area contributed by atoms with E-state index in [4.69, 9.17) is 0 Å². The van der Waals surface area contributed by atoms with Gasteiger partial charge in [0.2, 0.25) is 5.91 Å². The Bertz CT molecular complexity index is 1440. The van der Waals surface area contributed by atoms with Crippen LogP contribution in [0, 0.1) is 37.5 Å². The number of amides is 2. The number of aromatic amines is 1. The van der Waals surface area contributed by atoms with Crippen molar-refractivity contribution in [3.05, 3.63) is 80.8 Å². The molecule has 240 valence electrons. The molecule has 1 saturated heterocycles. The van der Waals surface area contributed by atoms with Gasteiger partial charge in [-0.2, -0.15) is 54.3 Å². The van der Waals surface area contributed by atoms with Gasteiger partial charge in [-0.3, -0.25) is 14.4 Å². The van der Waals surface area contributed by atoms with E-state index in [1.165, 1.54) is 0 Å². The van der Waals surface area contributed by atoms with Crippen molar-refractivity contribution in [2.24, 2.45) is 11.8 Å². The van der Waals surface area contributed by atoms with Crippen LogP contribution in [0.1, 0.15) is 76.4 Å². The maximum atomic E-state index is 12.5. The van der Waals surface area contributed by atoms with Crippen LogP contribution in [0.25, 0.3) is 5.32 Å². The summed E-state index contributed by atoms with van der Waals surface area (Å²) in [6, 6.07) is -0.551. The summed E-state index contributed by atoms with van der Waals surface area (Å²) in [5.74, 6) is -1.40. The van der Waals surface area contributed by atoms with E-state index < -0.39 is 11.9 Å². The van der Waals surface area contributed by atoms with Gasteiger partial charge in [0.25, 0.3) is 0 Å². The molecule has 1 fully saturated rings. The molecule has 5 N–H and O–H groups in total. The Labute approximate surface area is 264 Å². The molecular weight excluding hydrogens is 580 g/mol. The van der Waals surface area contributed by atoms with E-state index in [0.717, 1.165) is 45.3 Å². The van der Waals surface area contributed by atoms with E-state index in [2.05, 4.69) is 33.6 Å². The molecule has 0 aliphatic carbocycles. The van der Waals surface area contributed by atoms with Gasteiger partial charge in [-0.25, -0.2) is 5.57 Å². The van der Waals surface area contributed by atoms with E-state index in [0.29, 0.717) is 24.1 Å². The van der Waals surface area contributed by atoms with Gasteiger partial charge in [0.05, 0.1) is 5.69 Å². The normalized spacial score (nSPS) is 25.0. The number of allylic oxidation sites excluding steroid dienone is 2. The molecule has 0 saturated carbocycles. The van der Waals surface area contributed by atoms with Crippen molar-refractivity contribution in [3.63, 3.8) is 0 Å². The standard InChI is InChI=1S/C33H43N4O6S/c1-7-20-15(2)25(36-33(20)43)12-23-16(3)21(8-10-29(38)39)26(34-23)14-27-22(9-11-30(40)41)17(4)24(35-27)13-28-31(19(6)44)18(5)32(42)37-28/h7,13-14,18-19,25,28,31,34-35H,8-12H2,1-6H3,(H5,36,37,38,39,40,41,42,43,44)/q-3/p-1/b24-13+/t18-,19-,25-,28+,31+/m1/s1. The number of nitrogens with one attached hydrogen (secondary N) is 3. The SMILES string of the molecule is C[CH-]C1=C(C)[C@@H](C[c-]2[nH+]c([CH-]C3=C(CCC(=O)O)[C-](C)/C(=C\[C@@H]4NC(=O)[C@H](C)[C@H]4[C@@H](C)S)N3)c(CCC(=O)O)c2C)[N-]C1=O. The van der Waals surface area contributed by atoms with Gasteiger partial charge in [-0.1, -0.05) is 65.6 Å². The van der Waals surface area contributed by atoms with Gasteiger partial charge in [0.15, 0.2) is 0 Å². The van der Waals surface area contributed by atoms with Gasteiger partial charge in [-0.15, -0.1) is 11.6 Å². The third-order valence-corrected chi connectivity index (χ3v) is 9.51. The first-order chi connectivity index (χ1) is 20.7. The van der Waals surface area contributed by atoms with Crippen molar-refractivity contribution in [3.8, 4) is 0 Å². The highest BCUT2D eigenvalue weighted by Gasteiger charge is 2.39. The molecule has 4 rings (SSSR count). The van der Waals surface area contributed by atoms with Gasteiger partial charge < -0.3 is 35.9 Å².